The maximum Gasteiger partial charge on any atom is 0.245 e. The molecule has 0 bridgehead atoms. The number of carbonyl (C=O) groups is 2. The summed E-state index contributed by atoms with van der Waals surface area (Å²) in [7, 11) is 0. The highest BCUT2D eigenvalue weighted by molar-refractivity contribution is 9.09. The third-order valence-electron chi connectivity index (χ3n) is 5.22. The molecule has 0 aromatic carbocycles. The molecule has 2 aliphatic heterocycles. The molecule has 1 saturated carbocycles. The van der Waals surface area contributed by atoms with Crippen LogP contribution in [-0.2, 0) is 9.59 Å². The molecule has 0 N–H and O–H groups in total. The van der Waals surface area contributed by atoms with Gasteiger partial charge in [-0.15, -0.1) is 0 Å². The maximum absolute atomic E-state index is 12.6. The van der Waals surface area contributed by atoms with Crippen molar-refractivity contribution in [3.63, 3.8) is 0 Å². The third kappa shape index (κ3) is 2.49. The van der Waals surface area contributed by atoms with Crippen LogP contribution in [0.2, 0.25) is 0 Å². The van der Waals surface area contributed by atoms with Gasteiger partial charge in [0.15, 0.2) is 0 Å². The number of hydrogen-bond acceptors (Lipinski definition) is 2. The monoisotopic (exact) mass is 342 g/mol. The van der Waals surface area contributed by atoms with Crippen molar-refractivity contribution in [2.45, 2.75) is 51.0 Å². The van der Waals surface area contributed by atoms with Crippen LogP contribution in [-0.4, -0.2) is 52.6 Å². The predicted octanol–water partition coefficient (Wildman–Crippen LogP) is 2.17. The highest BCUT2D eigenvalue weighted by atomic mass is 79.9. The van der Waals surface area contributed by atoms with Gasteiger partial charge in [0.25, 0.3) is 0 Å². The fourth-order valence-electron chi connectivity index (χ4n) is 4.04. The number of halogens is 1. The normalized spacial score (nSPS) is 29.8. The second kappa shape index (κ2) is 5.66. The van der Waals surface area contributed by atoms with Crippen LogP contribution in [0, 0.1) is 5.41 Å². The molecule has 0 aromatic heterocycles. The van der Waals surface area contributed by atoms with E-state index in [2.05, 4.69) is 15.9 Å². The third-order valence-corrected chi connectivity index (χ3v) is 6.41. The molecule has 3 fully saturated rings. The summed E-state index contributed by atoms with van der Waals surface area (Å²) in [5.74, 6) is 0.334. The van der Waals surface area contributed by atoms with Gasteiger partial charge in [0.05, 0.1) is 6.54 Å². The SMILES string of the molecule is O=C1C2CCCN2C(=O)CN1CC1(CBr)CCCCC1. The largest absolute Gasteiger partial charge is 0.331 e. The summed E-state index contributed by atoms with van der Waals surface area (Å²) in [4.78, 5) is 28.4. The Morgan fingerprint density at radius 3 is 2.60 bits per heavy atom. The number of rotatable bonds is 3. The van der Waals surface area contributed by atoms with E-state index in [1.807, 2.05) is 4.90 Å². The molecule has 3 aliphatic rings. The van der Waals surface area contributed by atoms with Crippen molar-refractivity contribution in [1.29, 1.82) is 0 Å². The zero-order chi connectivity index (χ0) is 14.2. The molecule has 2 saturated heterocycles. The lowest BCUT2D eigenvalue weighted by molar-refractivity contribution is -0.155. The van der Waals surface area contributed by atoms with Crippen LogP contribution in [0.25, 0.3) is 0 Å². The predicted molar refractivity (Wildman–Crippen MR) is 80.6 cm³/mol. The van der Waals surface area contributed by atoms with Crippen molar-refractivity contribution >= 4 is 27.7 Å². The van der Waals surface area contributed by atoms with Gasteiger partial charge >= 0.3 is 0 Å². The van der Waals surface area contributed by atoms with Gasteiger partial charge < -0.3 is 9.80 Å². The Hall–Kier alpha value is -0.580. The van der Waals surface area contributed by atoms with Crippen molar-refractivity contribution in [1.82, 2.24) is 9.80 Å². The Bertz CT molecular complexity index is 407. The standard InChI is InChI=1S/C15H23BrN2O2/c16-10-15(6-2-1-3-7-15)11-17-9-13(19)18-8-4-5-12(18)14(17)20/h12H,1-11H2. The number of alkyl halides is 1. The zero-order valence-electron chi connectivity index (χ0n) is 11.9. The molecule has 5 heteroatoms. The average Bonchev–Trinajstić information content (AvgIpc) is 2.96. The molecule has 3 rings (SSSR count). The average molecular weight is 343 g/mol. The summed E-state index contributed by atoms with van der Waals surface area (Å²) < 4.78 is 0. The van der Waals surface area contributed by atoms with Gasteiger partial charge in [0.2, 0.25) is 11.8 Å². The van der Waals surface area contributed by atoms with Gasteiger partial charge in [-0.05, 0) is 31.1 Å². The van der Waals surface area contributed by atoms with Crippen molar-refractivity contribution in [2.24, 2.45) is 5.41 Å². The molecule has 0 aromatic rings. The molecule has 2 amide bonds. The molecule has 2 heterocycles. The smallest absolute Gasteiger partial charge is 0.245 e. The minimum absolute atomic E-state index is 0.146. The molecule has 1 unspecified atom stereocenters. The Kier molecular flexibility index (Phi) is 4.07. The molecule has 20 heavy (non-hydrogen) atoms. The first-order valence-corrected chi connectivity index (χ1v) is 8.92. The first-order chi connectivity index (χ1) is 9.65. The van der Waals surface area contributed by atoms with Crippen LogP contribution >= 0.6 is 15.9 Å². The van der Waals surface area contributed by atoms with E-state index < -0.39 is 0 Å². The molecule has 0 radical (unpaired) electrons. The fraction of sp³-hybridized carbons (Fsp3) is 0.867. The first kappa shape index (κ1) is 14.4. The lowest BCUT2D eigenvalue weighted by Crippen LogP contribution is -2.59. The van der Waals surface area contributed by atoms with Gasteiger partial charge in [-0.1, -0.05) is 35.2 Å². The molecule has 1 atom stereocenters. The van der Waals surface area contributed by atoms with E-state index >= 15 is 0 Å². The number of amides is 2. The molecule has 0 spiro atoms. The van der Waals surface area contributed by atoms with E-state index in [0.717, 1.165) is 31.3 Å². The highest BCUT2D eigenvalue weighted by Crippen LogP contribution is 2.39. The van der Waals surface area contributed by atoms with E-state index in [9.17, 15) is 9.59 Å². The van der Waals surface area contributed by atoms with E-state index in [0.29, 0.717) is 6.54 Å². The fourth-order valence-corrected chi connectivity index (χ4v) is 4.78. The van der Waals surface area contributed by atoms with Crippen LogP contribution < -0.4 is 0 Å². The van der Waals surface area contributed by atoms with Crippen LogP contribution in [0.1, 0.15) is 44.9 Å². The van der Waals surface area contributed by atoms with E-state index in [1.54, 1.807) is 4.90 Å². The Balaban J connectivity index is 1.73. The highest BCUT2D eigenvalue weighted by Gasteiger charge is 2.44. The summed E-state index contributed by atoms with van der Waals surface area (Å²) in [6.45, 7) is 1.82. The Morgan fingerprint density at radius 1 is 1.15 bits per heavy atom. The summed E-state index contributed by atoms with van der Waals surface area (Å²) in [5.41, 5.74) is 0.189. The maximum atomic E-state index is 12.6. The summed E-state index contributed by atoms with van der Waals surface area (Å²) in [5, 5.41) is 0.937. The number of carbonyl (C=O) groups excluding carboxylic acids is 2. The molecular weight excluding hydrogens is 320 g/mol. The Morgan fingerprint density at radius 2 is 1.90 bits per heavy atom. The van der Waals surface area contributed by atoms with Crippen LogP contribution in [0.15, 0.2) is 0 Å². The summed E-state index contributed by atoms with van der Waals surface area (Å²) in [6.07, 6.45) is 7.96. The van der Waals surface area contributed by atoms with Crippen molar-refractivity contribution in [3.8, 4) is 0 Å². The van der Waals surface area contributed by atoms with E-state index in [1.165, 1.54) is 32.1 Å². The lowest BCUT2D eigenvalue weighted by Gasteiger charge is -2.43. The van der Waals surface area contributed by atoms with Crippen LogP contribution in [0.3, 0.4) is 0 Å². The van der Waals surface area contributed by atoms with Gasteiger partial charge in [-0.2, -0.15) is 0 Å². The second-order valence-corrected chi connectivity index (χ2v) is 7.19. The minimum Gasteiger partial charge on any atom is -0.331 e. The van der Waals surface area contributed by atoms with Crippen LogP contribution in [0.5, 0.6) is 0 Å². The number of fused-ring (bicyclic) bond motifs is 1. The number of hydrogen-bond donors (Lipinski definition) is 0. The second-order valence-electron chi connectivity index (χ2n) is 6.63. The zero-order valence-corrected chi connectivity index (χ0v) is 13.5. The summed E-state index contributed by atoms with van der Waals surface area (Å²) in [6, 6.07) is -0.160. The van der Waals surface area contributed by atoms with E-state index in [-0.39, 0.29) is 23.3 Å². The quantitative estimate of drug-likeness (QED) is 0.737. The number of piperazine rings is 1. The van der Waals surface area contributed by atoms with Gasteiger partial charge in [0, 0.05) is 18.4 Å². The Labute approximate surface area is 129 Å². The van der Waals surface area contributed by atoms with Crippen molar-refractivity contribution < 1.29 is 9.59 Å². The van der Waals surface area contributed by atoms with Gasteiger partial charge in [-0.25, -0.2) is 0 Å². The minimum atomic E-state index is -0.160. The lowest BCUT2D eigenvalue weighted by atomic mass is 9.75. The first-order valence-electron chi connectivity index (χ1n) is 7.79. The number of nitrogens with zero attached hydrogens (tertiary/aromatic N) is 2. The molecular formula is C15H23BrN2O2. The van der Waals surface area contributed by atoms with Gasteiger partial charge in [-0.3, -0.25) is 9.59 Å². The van der Waals surface area contributed by atoms with E-state index in [4.69, 9.17) is 0 Å². The topological polar surface area (TPSA) is 40.6 Å². The summed E-state index contributed by atoms with van der Waals surface area (Å²) >= 11 is 3.65. The molecule has 4 nitrogen and oxygen atoms in total. The molecule has 1 aliphatic carbocycles. The van der Waals surface area contributed by atoms with Crippen LogP contribution in [0.4, 0.5) is 0 Å². The van der Waals surface area contributed by atoms with Crippen molar-refractivity contribution in [3.05, 3.63) is 0 Å². The van der Waals surface area contributed by atoms with Crippen molar-refractivity contribution in [2.75, 3.05) is 25.0 Å². The molecule has 112 valence electrons. The van der Waals surface area contributed by atoms with Gasteiger partial charge in [0.1, 0.15) is 6.04 Å².